The Hall–Kier alpha value is -2.94. The highest BCUT2D eigenvalue weighted by molar-refractivity contribution is 9.10. The van der Waals surface area contributed by atoms with E-state index < -0.39 is 5.60 Å². The summed E-state index contributed by atoms with van der Waals surface area (Å²) in [5, 5.41) is 4.55. The number of nitrogens with zero attached hydrogens (tertiary/aromatic N) is 5. The van der Waals surface area contributed by atoms with Crippen molar-refractivity contribution in [3.63, 3.8) is 0 Å². The summed E-state index contributed by atoms with van der Waals surface area (Å²) >= 11 is 3.52. The molecule has 0 saturated carbocycles. The third kappa shape index (κ3) is 5.19. The van der Waals surface area contributed by atoms with Gasteiger partial charge >= 0.3 is 6.09 Å². The van der Waals surface area contributed by atoms with E-state index in [4.69, 9.17) is 4.74 Å². The first-order valence-electron chi connectivity index (χ1n) is 10.8. The molecule has 0 N–H and O–H groups in total. The second kappa shape index (κ2) is 9.13. The molecule has 2 aromatic heterocycles. The number of benzene rings is 1. The minimum Gasteiger partial charge on any atom is -0.444 e. The molecule has 1 fully saturated rings. The normalized spacial score (nSPS) is 16.7. The first-order valence-corrected chi connectivity index (χ1v) is 11.6. The van der Waals surface area contributed by atoms with Gasteiger partial charge in [-0.1, -0.05) is 0 Å². The molecule has 3 heterocycles. The van der Waals surface area contributed by atoms with Gasteiger partial charge in [-0.05, 0) is 74.0 Å². The van der Waals surface area contributed by atoms with E-state index in [-0.39, 0.29) is 18.0 Å². The fourth-order valence-electron chi connectivity index (χ4n) is 3.84. The van der Waals surface area contributed by atoms with E-state index in [9.17, 15) is 4.79 Å². The number of ether oxygens (including phenoxy) is 1. The standard InChI is InChI=1S/C24H27BrFN5O2/c1-16-14-29(11-12-30(16)23(32)33-24(2,3)4)18-5-6-21(20(26)13-18)31-15-19(25)22(28-31)17-7-9-27-10-8-17/h5-10,13,15-16H,11-12,14H2,1-4H3/t16-/m1/s1. The molecule has 1 aliphatic heterocycles. The summed E-state index contributed by atoms with van der Waals surface area (Å²) in [6.07, 6.45) is 4.82. The summed E-state index contributed by atoms with van der Waals surface area (Å²) in [6.45, 7) is 9.25. The van der Waals surface area contributed by atoms with Gasteiger partial charge in [-0.3, -0.25) is 4.98 Å². The number of carbonyl (C=O) groups excluding carboxylic acids is 1. The lowest BCUT2D eigenvalue weighted by Gasteiger charge is -2.41. The van der Waals surface area contributed by atoms with Crippen molar-refractivity contribution in [1.29, 1.82) is 0 Å². The van der Waals surface area contributed by atoms with Crippen molar-refractivity contribution in [2.45, 2.75) is 39.3 Å². The molecule has 4 rings (SSSR count). The molecular formula is C24H27BrFN5O2. The molecule has 0 spiro atoms. The Bertz CT molecular complexity index is 1150. The van der Waals surface area contributed by atoms with Crippen LogP contribution in [-0.2, 0) is 4.74 Å². The number of aromatic nitrogens is 3. The van der Waals surface area contributed by atoms with Crippen LogP contribution in [0.15, 0.2) is 53.4 Å². The largest absolute Gasteiger partial charge is 0.444 e. The van der Waals surface area contributed by atoms with E-state index >= 15 is 4.39 Å². The maximum Gasteiger partial charge on any atom is 0.410 e. The second-order valence-corrected chi connectivity index (χ2v) is 9.96. The first-order chi connectivity index (χ1) is 15.6. The average Bonchev–Trinajstić information content (AvgIpc) is 3.14. The zero-order valence-electron chi connectivity index (χ0n) is 19.1. The first kappa shape index (κ1) is 23.2. The van der Waals surface area contributed by atoms with Gasteiger partial charge in [0.05, 0.1) is 4.47 Å². The van der Waals surface area contributed by atoms with Gasteiger partial charge in [0.25, 0.3) is 0 Å². The topological polar surface area (TPSA) is 63.5 Å². The Morgan fingerprint density at radius 1 is 1.18 bits per heavy atom. The zero-order valence-corrected chi connectivity index (χ0v) is 20.7. The van der Waals surface area contributed by atoms with Crippen molar-refractivity contribution in [2.24, 2.45) is 0 Å². The number of anilines is 1. The van der Waals surface area contributed by atoms with Crippen LogP contribution in [0.3, 0.4) is 0 Å². The quantitative estimate of drug-likeness (QED) is 0.474. The highest BCUT2D eigenvalue weighted by Crippen LogP contribution is 2.29. The van der Waals surface area contributed by atoms with Gasteiger partial charge in [0, 0.05) is 55.5 Å². The van der Waals surface area contributed by atoms with Crippen molar-refractivity contribution in [1.82, 2.24) is 19.7 Å². The van der Waals surface area contributed by atoms with Crippen molar-refractivity contribution in [3.05, 3.63) is 59.2 Å². The average molecular weight is 516 g/mol. The lowest BCUT2D eigenvalue weighted by molar-refractivity contribution is 0.0159. The van der Waals surface area contributed by atoms with Crippen LogP contribution in [0.2, 0.25) is 0 Å². The predicted octanol–water partition coefficient (Wildman–Crippen LogP) is 5.28. The van der Waals surface area contributed by atoms with E-state index in [0.717, 1.165) is 15.7 Å². The van der Waals surface area contributed by atoms with Crippen molar-refractivity contribution < 1.29 is 13.9 Å². The minimum atomic E-state index is -0.536. The molecule has 1 aliphatic rings. The smallest absolute Gasteiger partial charge is 0.410 e. The van der Waals surface area contributed by atoms with Gasteiger partial charge in [-0.2, -0.15) is 5.10 Å². The lowest BCUT2D eigenvalue weighted by atomic mass is 10.1. The summed E-state index contributed by atoms with van der Waals surface area (Å²) in [6, 6.07) is 8.79. The fourth-order valence-corrected chi connectivity index (χ4v) is 4.35. The highest BCUT2D eigenvalue weighted by Gasteiger charge is 2.31. The lowest BCUT2D eigenvalue weighted by Crippen LogP contribution is -2.55. The summed E-state index contributed by atoms with van der Waals surface area (Å²) in [5.74, 6) is -0.369. The molecule has 0 bridgehead atoms. The Kier molecular flexibility index (Phi) is 6.43. The number of carbonyl (C=O) groups is 1. The molecule has 3 aromatic rings. The van der Waals surface area contributed by atoms with Crippen LogP contribution in [0.1, 0.15) is 27.7 Å². The molecular weight excluding hydrogens is 489 g/mol. The van der Waals surface area contributed by atoms with Gasteiger partial charge in [-0.15, -0.1) is 0 Å². The predicted molar refractivity (Wildman–Crippen MR) is 129 cm³/mol. The number of piperazine rings is 1. The van der Waals surface area contributed by atoms with Gasteiger partial charge in [-0.25, -0.2) is 13.9 Å². The molecule has 174 valence electrons. The number of rotatable bonds is 3. The van der Waals surface area contributed by atoms with Crippen LogP contribution in [0.4, 0.5) is 14.9 Å². The zero-order chi connectivity index (χ0) is 23.8. The Labute approximate surface area is 201 Å². The highest BCUT2D eigenvalue weighted by atomic mass is 79.9. The van der Waals surface area contributed by atoms with Crippen LogP contribution in [-0.4, -0.2) is 57.0 Å². The molecule has 1 amide bonds. The van der Waals surface area contributed by atoms with E-state index in [1.165, 1.54) is 10.7 Å². The summed E-state index contributed by atoms with van der Waals surface area (Å²) < 4.78 is 22.9. The molecule has 1 atom stereocenters. The fraction of sp³-hybridized carbons (Fsp3) is 0.375. The molecule has 1 aromatic carbocycles. The molecule has 0 aliphatic carbocycles. The molecule has 7 nitrogen and oxygen atoms in total. The van der Waals surface area contributed by atoms with Gasteiger partial charge in [0.15, 0.2) is 5.82 Å². The number of pyridine rings is 1. The van der Waals surface area contributed by atoms with Gasteiger partial charge in [0.2, 0.25) is 0 Å². The third-order valence-corrected chi connectivity index (χ3v) is 6.00. The maximum atomic E-state index is 15.1. The Balaban J connectivity index is 1.50. The maximum absolute atomic E-state index is 15.1. The van der Waals surface area contributed by atoms with E-state index in [2.05, 4.69) is 30.9 Å². The third-order valence-electron chi connectivity index (χ3n) is 5.42. The summed E-state index contributed by atoms with van der Waals surface area (Å²) in [7, 11) is 0. The number of amides is 1. The van der Waals surface area contributed by atoms with Crippen molar-refractivity contribution >= 4 is 27.7 Å². The summed E-state index contributed by atoms with van der Waals surface area (Å²) in [5.41, 5.74) is 2.20. The van der Waals surface area contributed by atoms with E-state index in [1.807, 2.05) is 45.9 Å². The van der Waals surface area contributed by atoms with E-state index in [0.29, 0.717) is 31.0 Å². The summed E-state index contributed by atoms with van der Waals surface area (Å²) in [4.78, 5) is 20.3. The van der Waals surface area contributed by atoms with Crippen LogP contribution in [0.25, 0.3) is 16.9 Å². The Morgan fingerprint density at radius 2 is 1.91 bits per heavy atom. The molecule has 1 saturated heterocycles. The van der Waals surface area contributed by atoms with Gasteiger partial charge in [0.1, 0.15) is 17.0 Å². The van der Waals surface area contributed by atoms with Gasteiger partial charge < -0.3 is 14.5 Å². The number of hydrogen-bond donors (Lipinski definition) is 0. The monoisotopic (exact) mass is 515 g/mol. The van der Waals surface area contributed by atoms with Crippen LogP contribution < -0.4 is 4.90 Å². The Morgan fingerprint density at radius 3 is 2.55 bits per heavy atom. The minimum absolute atomic E-state index is 0.0543. The van der Waals surface area contributed by atoms with Crippen molar-refractivity contribution in [2.75, 3.05) is 24.5 Å². The van der Waals surface area contributed by atoms with Crippen molar-refractivity contribution in [3.8, 4) is 16.9 Å². The second-order valence-electron chi connectivity index (χ2n) is 9.11. The SMILES string of the molecule is C[C@@H]1CN(c2ccc(-n3cc(Br)c(-c4ccncc4)n3)c(F)c2)CCN1C(=O)OC(C)(C)C. The molecule has 33 heavy (non-hydrogen) atoms. The number of halogens is 2. The molecule has 0 unspecified atom stereocenters. The van der Waals surface area contributed by atoms with Crippen LogP contribution in [0, 0.1) is 5.82 Å². The molecule has 0 radical (unpaired) electrons. The number of hydrogen-bond acceptors (Lipinski definition) is 5. The van der Waals surface area contributed by atoms with E-state index in [1.54, 1.807) is 29.6 Å². The van der Waals surface area contributed by atoms with Crippen LogP contribution >= 0.6 is 15.9 Å². The van der Waals surface area contributed by atoms with Crippen LogP contribution in [0.5, 0.6) is 0 Å². The molecule has 9 heteroatoms.